The molecular weight excluding hydrogens is 219 g/mol. The van der Waals surface area contributed by atoms with Crippen molar-refractivity contribution in [3.8, 4) is 0 Å². The van der Waals surface area contributed by atoms with Crippen LogP contribution in [0.15, 0.2) is 0 Å². The maximum atomic E-state index is 10.6. The Bertz CT molecular complexity index is 89.8. The summed E-state index contributed by atoms with van der Waals surface area (Å²) in [5.41, 5.74) is -4.97. The molecule has 0 rings (SSSR count). The fourth-order valence-electron chi connectivity index (χ4n) is 0. The van der Waals surface area contributed by atoms with Crippen molar-refractivity contribution in [2.24, 2.45) is 0 Å². The van der Waals surface area contributed by atoms with E-state index in [4.69, 9.17) is 8.76 Å². The van der Waals surface area contributed by atoms with Gasteiger partial charge in [0.05, 0.1) is 0 Å². The molecule has 0 bridgehead atoms. The molecule has 0 spiro atoms. The average Bonchev–Trinajstić information content (AvgIpc) is 1.31. The van der Waals surface area contributed by atoms with Crippen LogP contribution in [0.5, 0.6) is 0 Å². The van der Waals surface area contributed by atoms with Gasteiger partial charge in [-0.3, -0.25) is 4.55 Å². The van der Waals surface area contributed by atoms with Gasteiger partial charge in [-0.15, -0.1) is 0 Å². The molecule has 0 aromatic heterocycles. The Kier molecular flexibility index (Phi) is 6.98. The van der Waals surface area contributed by atoms with E-state index in [9.17, 15) is 13.2 Å². The van der Waals surface area contributed by atoms with Gasteiger partial charge in [0.1, 0.15) is 0 Å². The molecule has 2 nitrogen and oxygen atoms in total. The van der Waals surface area contributed by atoms with Crippen molar-refractivity contribution >= 4 is 69.3 Å². The van der Waals surface area contributed by atoms with Gasteiger partial charge in [0.2, 0.25) is 0 Å². The van der Waals surface area contributed by atoms with Crippen LogP contribution in [0.1, 0.15) is 0 Å². The summed E-state index contributed by atoms with van der Waals surface area (Å²) >= 11 is -3.68. The Hall–Kier alpha value is 1.71. The summed E-state index contributed by atoms with van der Waals surface area (Å²) in [6.45, 7) is 0. The first-order valence-electron chi connectivity index (χ1n) is 1.12. The van der Waals surface area contributed by atoms with E-state index in [-0.39, 0.29) is 58.2 Å². The first kappa shape index (κ1) is 12.4. The topological polar surface area (TPSA) is 37.3 Å². The Labute approximate surface area is 94.9 Å². The number of halogens is 3. The summed E-state index contributed by atoms with van der Waals surface area (Å²) in [6.07, 6.45) is 0. The zero-order valence-electron chi connectivity index (χ0n) is 3.90. The molecule has 45 valence electrons. The minimum atomic E-state index is -4.97. The molecule has 0 aromatic carbocycles. The third kappa shape index (κ3) is 5.83. The van der Waals surface area contributed by atoms with Crippen LogP contribution in [0.25, 0.3) is 0 Å². The van der Waals surface area contributed by atoms with Crippen molar-refractivity contribution in [3.63, 3.8) is 0 Å². The molecular formula is CHF3O2RbS. The van der Waals surface area contributed by atoms with Gasteiger partial charge in [0.25, 0.3) is 11.1 Å². The second kappa shape index (κ2) is 4.51. The van der Waals surface area contributed by atoms with Crippen LogP contribution in [0.3, 0.4) is 0 Å². The quantitative estimate of drug-likeness (QED) is 0.597. The first-order valence-corrected chi connectivity index (χ1v) is 2.23. The normalized spacial score (nSPS) is 14.5. The van der Waals surface area contributed by atoms with Crippen molar-refractivity contribution in [2.45, 2.75) is 5.51 Å². The van der Waals surface area contributed by atoms with Crippen LogP contribution < -0.4 is 0 Å². The third-order valence-corrected chi connectivity index (χ3v) is 0.594. The molecule has 1 radical (unpaired) electrons. The monoisotopic (exact) mass is 219 g/mol. The summed E-state index contributed by atoms with van der Waals surface area (Å²) < 4.78 is 48.1. The van der Waals surface area contributed by atoms with Crippen molar-refractivity contribution in [3.05, 3.63) is 0 Å². The average molecular weight is 220 g/mol. The second-order valence-electron chi connectivity index (χ2n) is 0.695. The standard InChI is InChI=1S/CHF3O2S.Rb/c2-1(3,4)7(5)6;/h(H,5,6);. The molecule has 8 heavy (non-hydrogen) atoms. The summed E-state index contributed by atoms with van der Waals surface area (Å²) in [5.74, 6) is 0. The summed E-state index contributed by atoms with van der Waals surface area (Å²) in [5, 5.41) is 0. The van der Waals surface area contributed by atoms with Crippen molar-refractivity contribution in [1.29, 1.82) is 0 Å². The fourth-order valence-corrected chi connectivity index (χ4v) is 0. The Morgan fingerprint density at radius 3 is 1.50 bits per heavy atom. The van der Waals surface area contributed by atoms with Crippen LogP contribution in [0.2, 0.25) is 0 Å². The van der Waals surface area contributed by atoms with Crippen molar-refractivity contribution in [1.82, 2.24) is 0 Å². The maximum absolute atomic E-state index is 10.6. The second-order valence-corrected chi connectivity index (χ2v) is 1.66. The van der Waals surface area contributed by atoms with Crippen LogP contribution in [-0.4, -0.2) is 72.5 Å². The number of hydrogen-bond acceptors (Lipinski definition) is 1. The first-order chi connectivity index (χ1) is 2.94. The van der Waals surface area contributed by atoms with Gasteiger partial charge in [-0.25, -0.2) is 4.21 Å². The molecule has 0 aliphatic rings. The van der Waals surface area contributed by atoms with E-state index in [0.717, 1.165) is 0 Å². The number of hydrogen-bond donors (Lipinski definition) is 1. The minimum Gasteiger partial charge on any atom is -0.299 e. The Morgan fingerprint density at radius 2 is 1.50 bits per heavy atom. The summed E-state index contributed by atoms with van der Waals surface area (Å²) in [7, 11) is 0. The van der Waals surface area contributed by atoms with Gasteiger partial charge in [0, 0.05) is 58.2 Å². The van der Waals surface area contributed by atoms with Crippen LogP contribution in [0, 0.1) is 0 Å². The maximum Gasteiger partial charge on any atom is 0.496 e. The van der Waals surface area contributed by atoms with E-state index in [2.05, 4.69) is 0 Å². The van der Waals surface area contributed by atoms with Gasteiger partial charge in [-0.2, -0.15) is 13.2 Å². The molecule has 1 N–H and O–H groups in total. The van der Waals surface area contributed by atoms with Gasteiger partial charge >= 0.3 is 5.51 Å². The minimum absolute atomic E-state index is 0. The van der Waals surface area contributed by atoms with Crippen LogP contribution in [-0.2, 0) is 11.1 Å². The predicted molar refractivity (Wildman–Crippen MR) is 22.6 cm³/mol. The van der Waals surface area contributed by atoms with E-state index in [0.29, 0.717) is 0 Å². The fraction of sp³-hybridized carbons (Fsp3) is 1.00. The van der Waals surface area contributed by atoms with Crippen molar-refractivity contribution in [2.75, 3.05) is 0 Å². The molecule has 0 saturated carbocycles. The molecule has 0 heterocycles. The SMILES string of the molecule is O=S(O)C(F)(F)F.[Rb]. The van der Waals surface area contributed by atoms with E-state index >= 15 is 0 Å². The van der Waals surface area contributed by atoms with Gasteiger partial charge in [-0.05, 0) is 0 Å². The van der Waals surface area contributed by atoms with E-state index in [1.165, 1.54) is 0 Å². The van der Waals surface area contributed by atoms with Crippen LogP contribution in [0.4, 0.5) is 13.2 Å². The molecule has 1 atom stereocenters. The predicted octanol–water partition coefficient (Wildman–Crippen LogP) is 0.347. The molecule has 7 heteroatoms. The van der Waals surface area contributed by atoms with E-state index in [1.54, 1.807) is 0 Å². The van der Waals surface area contributed by atoms with Crippen LogP contribution >= 0.6 is 0 Å². The summed E-state index contributed by atoms with van der Waals surface area (Å²) in [4.78, 5) is 0. The molecule has 1 unspecified atom stereocenters. The summed E-state index contributed by atoms with van der Waals surface area (Å²) in [6, 6.07) is 0. The van der Waals surface area contributed by atoms with E-state index < -0.39 is 16.6 Å². The molecule has 0 aliphatic heterocycles. The molecule has 0 aromatic rings. The Balaban J connectivity index is 0. The van der Waals surface area contributed by atoms with Gasteiger partial charge in [-0.1, -0.05) is 0 Å². The van der Waals surface area contributed by atoms with E-state index in [1.807, 2.05) is 0 Å². The zero-order valence-corrected chi connectivity index (χ0v) is 9.63. The smallest absolute Gasteiger partial charge is 0.299 e. The van der Waals surface area contributed by atoms with Gasteiger partial charge in [0.15, 0.2) is 0 Å². The third-order valence-electron chi connectivity index (χ3n) is 0.198. The van der Waals surface area contributed by atoms with Crippen molar-refractivity contribution < 1.29 is 21.9 Å². The molecule has 0 saturated heterocycles. The number of rotatable bonds is 0. The van der Waals surface area contributed by atoms with Gasteiger partial charge < -0.3 is 0 Å². The molecule has 0 fully saturated rings. The largest absolute Gasteiger partial charge is 0.496 e. The zero-order chi connectivity index (χ0) is 6.08. The molecule has 0 aliphatic carbocycles. The number of alkyl halides is 3. The Morgan fingerprint density at radius 1 is 1.38 bits per heavy atom. The molecule has 0 amide bonds.